The summed E-state index contributed by atoms with van der Waals surface area (Å²) in [5, 5.41) is 23.2. The van der Waals surface area contributed by atoms with Crippen molar-refractivity contribution in [3.8, 4) is 12.1 Å². The minimum absolute atomic E-state index is 0.0570. The first-order valence-electron chi connectivity index (χ1n) is 11.2. The lowest BCUT2D eigenvalue weighted by Crippen LogP contribution is -2.42. The molecular weight excluding hydrogens is 470 g/mol. The van der Waals surface area contributed by atoms with E-state index in [1.54, 1.807) is 0 Å². The summed E-state index contributed by atoms with van der Waals surface area (Å²) in [5.41, 5.74) is 4.75. The number of aryl methyl sites for hydroxylation is 1. The van der Waals surface area contributed by atoms with E-state index in [0.29, 0.717) is 5.56 Å². The quantitative estimate of drug-likeness (QED) is 0.355. The summed E-state index contributed by atoms with van der Waals surface area (Å²) in [5.74, 6) is 0.133. The van der Waals surface area contributed by atoms with Gasteiger partial charge >= 0.3 is 0 Å². The van der Waals surface area contributed by atoms with Crippen molar-refractivity contribution in [2.45, 2.75) is 52.1 Å². The van der Waals surface area contributed by atoms with Crippen LogP contribution < -0.4 is 5.32 Å². The zero-order valence-corrected chi connectivity index (χ0v) is 21.2. The predicted octanol–water partition coefficient (Wildman–Crippen LogP) is 7.22. The summed E-state index contributed by atoms with van der Waals surface area (Å²) in [7, 11) is 0. The Morgan fingerprint density at radius 1 is 0.939 bits per heavy atom. The third kappa shape index (κ3) is 6.32. The van der Waals surface area contributed by atoms with Crippen molar-refractivity contribution in [2.24, 2.45) is 5.41 Å². The molecule has 33 heavy (non-hydrogen) atoms. The molecule has 168 valence electrons. The second-order valence-electron chi connectivity index (χ2n) is 9.31. The highest BCUT2D eigenvalue weighted by atomic mass is 79.9. The van der Waals surface area contributed by atoms with E-state index in [9.17, 15) is 10.5 Å². The van der Waals surface area contributed by atoms with Crippen LogP contribution >= 0.6 is 15.9 Å². The summed E-state index contributed by atoms with van der Waals surface area (Å²) < 4.78 is 1.01. The van der Waals surface area contributed by atoms with Gasteiger partial charge < -0.3 is 5.32 Å². The molecule has 0 aromatic heterocycles. The van der Waals surface area contributed by atoms with Gasteiger partial charge in [-0.15, -0.1) is 0 Å². The van der Waals surface area contributed by atoms with E-state index in [2.05, 4.69) is 89.7 Å². The Balaban J connectivity index is 1.98. The van der Waals surface area contributed by atoms with Crippen LogP contribution in [0.4, 0.5) is 0 Å². The largest absolute Gasteiger partial charge is 0.305 e. The Hall–Kier alpha value is -2.92. The fraction of sp³-hybridized carbons (Fsp3) is 0.310. The Morgan fingerprint density at radius 3 is 2.21 bits per heavy atom. The lowest BCUT2D eigenvalue weighted by atomic mass is 9.79. The number of nitriles is 2. The molecular formula is C29H30BrN3. The second-order valence-corrected chi connectivity index (χ2v) is 10.2. The smallest absolute Gasteiger partial charge is 0.0991 e. The van der Waals surface area contributed by atoms with E-state index in [1.165, 1.54) is 11.1 Å². The fourth-order valence-electron chi connectivity index (χ4n) is 4.22. The third-order valence-corrected chi connectivity index (χ3v) is 6.80. The van der Waals surface area contributed by atoms with Crippen molar-refractivity contribution >= 4 is 15.9 Å². The number of hydrogen-bond acceptors (Lipinski definition) is 3. The fourth-order valence-corrected chi connectivity index (χ4v) is 4.48. The van der Waals surface area contributed by atoms with E-state index in [1.807, 2.05) is 44.2 Å². The van der Waals surface area contributed by atoms with Crippen LogP contribution in [0.25, 0.3) is 0 Å². The van der Waals surface area contributed by atoms with Gasteiger partial charge in [0.25, 0.3) is 0 Å². The molecule has 3 aromatic rings. The summed E-state index contributed by atoms with van der Waals surface area (Å²) in [4.78, 5) is 0. The van der Waals surface area contributed by atoms with Crippen molar-refractivity contribution in [1.82, 2.24) is 5.32 Å². The van der Waals surface area contributed by atoms with Gasteiger partial charge in [0.2, 0.25) is 0 Å². The zero-order valence-electron chi connectivity index (χ0n) is 19.6. The number of nitrogens with zero attached hydrogens (tertiary/aromatic N) is 2. The van der Waals surface area contributed by atoms with Gasteiger partial charge in [-0.05, 0) is 75.1 Å². The average Bonchev–Trinajstić information content (AvgIpc) is 2.82. The average molecular weight is 500 g/mol. The molecule has 0 aliphatic heterocycles. The number of rotatable bonds is 8. The van der Waals surface area contributed by atoms with Crippen LogP contribution in [0, 0.1) is 35.0 Å². The molecule has 1 N–H and O–H groups in total. The maximum Gasteiger partial charge on any atom is 0.0991 e. The highest BCUT2D eigenvalue weighted by molar-refractivity contribution is 9.10. The summed E-state index contributed by atoms with van der Waals surface area (Å²) >= 11 is 3.51. The molecule has 0 saturated carbocycles. The molecule has 0 saturated heterocycles. The lowest BCUT2D eigenvalue weighted by molar-refractivity contribution is 0.281. The summed E-state index contributed by atoms with van der Waals surface area (Å²) in [6.07, 6.45) is 0.837. The molecule has 4 heteroatoms. The first-order chi connectivity index (χ1) is 15.7. The predicted molar refractivity (Wildman–Crippen MR) is 138 cm³/mol. The van der Waals surface area contributed by atoms with E-state index >= 15 is 0 Å². The van der Waals surface area contributed by atoms with Crippen molar-refractivity contribution in [3.05, 3.63) is 105 Å². The second kappa shape index (κ2) is 10.8. The third-order valence-electron chi connectivity index (χ3n) is 6.27. The maximum absolute atomic E-state index is 9.94. The monoisotopic (exact) mass is 499 g/mol. The minimum Gasteiger partial charge on any atom is -0.305 e. The first-order valence-corrected chi connectivity index (χ1v) is 12.0. The standard InChI is InChI=1S/C29H30BrN3/c1-20-8-10-22(11-9-20)17-27(25-7-5-6-23(16-25)18-31)21(2)33-28(29(3,4)19-32)24-12-14-26(30)15-13-24/h5-16,21,27-28,33H,17H2,1-4H3/t21-,27+,28?/m0/s1. The Bertz CT molecular complexity index is 1150. The molecule has 0 aliphatic rings. The molecule has 3 rings (SSSR count). The van der Waals surface area contributed by atoms with E-state index < -0.39 is 5.41 Å². The Morgan fingerprint density at radius 2 is 1.61 bits per heavy atom. The first kappa shape index (κ1) is 24.7. The van der Waals surface area contributed by atoms with Gasteiger partial charge in [0.15, 0.2) is 0 Å². The van der Waals surface area contributed by atoms with Gasteiger partial charge in [0, 0.05) is 16.4 Å². The molecule has 3 atom stereocenters. The van der Waals surface area contributed by atoms with Crippen LogP contribution in [0.15, 0.2) is 77.3 Å². The van der Waals surface area contributed by atoms with Crippen LogP contribution in [0.2, 0.25) is 0 Å². The molecule has 0 bridgehead atoms. The molecule has 3 nitrogen and oxygen atoms in total. The van der Waals surface area contributed by atoms with Gasteiger partial charge in [0.1, 0.15) is 0 Å². The van der Waals surface area contributed by atoms with Crippen molar-refractivity contribution in [1.29, 1.82) is 10.5 Å². The summed E-state index contributed by atoms with van der Waals surface area (Å²) in [6.45, 7) is 8.22. The van der Waals surface area contributed by atoms with Crippen LogP contribution in [0.3, 0.4) is 0 Å². The molecule has 1 unspecified atom stereocenters. The van der Waals surface area contributed by atoms with Crippen LogP contribution in [0.5, 0.6) is 0 Å². The van der Waals surface area contributed by atoms with Crippen LogP contribution in [-0.4, -0.2) is 6.04 Å². The number of benzene rings is 3. The molecule has 0 aliphatic carbocycles. The van der Waals surface area contributed by atoms with Gasteiger partial charge in [-0.1, -0.05) is 70.0 Å². The van der Waals surface area contributed by atoms with Crippen molar-refractivity contribution < 1.29 is 0 Å². The van der Waals surface area contributed by atoms with Crippen LogP contribution in [0.1, 0.15) is 60.5 Å². The zero-order chi connectivity index (χ0) is 24.0. The summed E-state index contributed by atoms with van der Waals surface area (Å²) in [6, 6.07) is 29.4. The Kier molecular flexibility index (Phi) is 8.09. The maximum atomic E-state index is 9.94. The molecule has 0 radical (unpaired) electrons. The highest BCUT2D eigenvalue weighted by Gasteiger charge is 2.34. The van der Waals surface area contributed by atoms with E-state index in [-0.39, 0.29) is 18.0 Å². The van der Waals surface area contributed by atoms with Crippen LogP contribution in [-0.2, 0) is 6.42 Å². The topological polar surface area (TPSA) is 59.6 Å². The van der Waals surface area contributed by atoms with Gasteiger partial charge in [-0.2, -0.15) is 10.5 Å². The number of nitrogens with one attached hydrogen (secondary N) is 1. The minimum atomic E-state index is -0.606. The number of hydrogen-bond donors (Lipinski definition) is 1. The van der Waals surface area contributed by atoms with Gasteiger partial charge in [-0.25, -0.2) is 0 Å². The van der Waals surface area contributed by atoms with E-state index in [4.69, 9.17) is 0 Å². The molecule has 0 heterocycles. The number of halogens is 1. The Labute approximate surface area is 206 Å². The lowest BCUT2D eigenvalue weighted by Gasteiger charge is -2.35. The van der Waals surface area contributed by atoms with Crippen molar-refractivity contribution in [2.75, 3.05) is 0 Å². The normalized spacial score (nSPS) is 14.0. The van der Waals surface area contributed by atoms with Gasteiger partial charge in [0.05, 0.1) is 29.2 Å². The van der Waals surface area contributed by atoms with E-state index in [0.717, 1.165) is 22.0 Å². The van der Waals surface area contributed by atoms with Gasteiger partial charge in [-0.3, -0.25) is 0 Å². The molecule has 0 amide bonds. The molecule has 0 spiro atoms. The van der Waals surface area contributed by atoms with Crippen molar-refractivity contribution in [3.63, 3.8) is 0 Å². The molecule has 0 fully saturated rings. The highest BCUT2D eigenvalue weighted by Crippen LogP contribution is 2.36. The SMILES string of the molecule is Cc1ccc(C[C@@H](c2cccc(C#N)c2)[C@H](C)NC(c2ccc(Br)cc2)C(C)(C)C#N)cc1. The molecule has 3 aromatic carbocycles.